The molecule has 1 saturated carbocycles. The van der Waals surface area contributed by atoms with Gasteiger partial charge in [-0.2, -0.15) is 22.0 Å². The summed E-state index contributed by atoms with van der Waals surface area (Å²) in [6.07, 6.45) is -2.41. The largest absolute Gasteiger partial charge is 0.422 e. The van der Waals surface area contributed by atoms with E-state index in [-0.39, 0.29) is 5.92 Å². The molecule has 0 N–H and O–H groups in total. The fourth-order valence-corrected chi connectivity index (χ4v) is 3.42. The standard InChI is InChI=1S/C19H21F7O/c1-2-3-12-4-6-13(7-5-12)10-18(22,23)27-11-14-8-15(20)17(16(21)9-14)19(24,25)26/h2-3,8-9,12-13H,4-7,10-11H2,1H3/t12-,13-. The highest BCUT2D eigenvalue weighted by Gasteiger charge is 2.39. The average molecular weight is 398 g/mol. The van der Waals surface area contributed by atoms with Crippen molar-refractivity contribution in [2.75, 3.05) is 0 Å². The van der Waals surface area contributed by atoms with Crippen molar-refractivity contribution in [1.29, 1.82) is 0 Å². The SMILES string of the molecule is CC=C[C@H]1CC[C@H](CC(F)(F)OCc2cc(F)c(C(F)(F)F)c(F)c2)CC1. The van der Waals surface area contributed by atoms with E-state index in [2.05, 4.69) is 10.8 Å². The summed E-state index contributed by atoms with van der Waals surface area (Å²) < 4.78 is 97.0. The lowest BCUT2D eigenvalue weighted by molar-refractivity contribution is -0.256. The van der Waals surface area contributed by atoms with Crippen molar-refractivity contribution in [3.63, 3.8) is 0 Å². The van der Waals surface area contributed by atoms with Gasteiger partial charge in [-0.05, 0) is 62.1 Å². The Hall–Kier alpha value is -1.57. The van der Waals surface area contributed by atoms with E-state index in [9.17, 15) is 30.7 Å². The maximum atomic E-state index is 14.0. The molecule has 1 aliphatic carbocycles. The monoisotopic (exact) mass is 398 g/mol. The van der Waals surface area contributed by atoms with Crippen LogP contribution in [0.2, 0.25) is 0 Å². The van der Waals surface area contributed by atoms with Crippen LogP contribution in [0.25, 0.3) is 0 Å². The normalized spacial score (nSPS) is 21.8. The molecule has 1 fully saturated rings. The Kier molecular flexibility index (Phi) is 6.94. The number of hydrogen-bond donors (Lipinski definition) is 0. The topological polar surface area (TPSA) is 9.23 Å². The average Bonchev–Trinajstić information content (AvgIpc) is 2.53. The van der Waals surface area contributed by atoms with Crippen LogP contribution in [-0.2, 0) is 17.5 Å². The van der Waals surface area contributed by atoms with E-state index >= 15 is 0 Å². The molecule has 1 aromatic carbocycles. The van der Waals surface area contributed by atoms with Gasteiger partial charge in [0.05, 0.1) is 6.61 Å². The molecule has 0 unspecified atom stereocenters. The number of hydrogen-bond acceptors (Lipinski definition) is 1. The van der Waals surface area contributed by atoms with Gasteiger partial charge in [-0.15, -0.1) is 0 Å². The summed E-state index contributed by atoms with van der Waals surface area (Å²) in [6, 6.07) is 0.731. The van der Waals surface area contributed by atoms with Gasteiger partial charge in [-0.25, -0.2) is 8.78 Å². The Morgan fingerprint density at radius 1 is 1.00 bits per heavy atom. The van der Waals surface area contributed by atoms with Crippen molar-refractivity contribution in [3.8, 4) is 0 Å². The fourth-order valence-electron chi connectivity index (χ4n) is 3.42. The third-order valence-electron chi connectivity index (χ3n) is 4.72. The summed E-state index contributed by atoms with van der Waals surface area (Å²) in [4.78, 5) is 0. The molecular weight excluding hydrogens is 377 g/mol. The van der Waals surface area contributed by atoms with Gasteiger partial charge in [0.25, 0.3) is 0 Å². The third kappa shape index (κ3) is 6.23. The van der Waals surface area contributed by atoms with E-state index in [1.54, 1.807) is 0 Å². The van der Waals surface area contributed by atoms with Gasteiger partial charge in [-0.1, -0.05) is 12.2 Å². The smallest absolute Gasteiger partial charge is 0.316 e. The summed E-state index contributed by atoms with van der Waals surface area (Å²) >= 11 is 0. The molecule has 152 valence electrons. The second kappa shape index (κ2) is 8.63. The van der Waals surface area contributed by atoms with E-state index in [0.29, 0.717) is 30.9 Å². The summed E-state index contributed by atoms with van der Waals surface area (Å²) in [6.45, 7) is 1.02. The number of rotatable bonds is 6. The van der Waals surface area contributed by atoms with E-state index in [1.807, 2.05) is 13.0 Å². The molecular formula is C19H21F7O. The summed E-state index contributed by atoms with van der Waals surface area (Å²) in [7, 11) is 0. The number of allylic oxidation sites excluding steroid dienone is 2. The first kappa shape index (κ1) is 21.7. The van der Waals surface area contributed by atoms with E-state index in [1.165, 1.54) is 0 Å². The Bertz CT molecular complexity index is 636. The fraction of sp³-hybridized carbons (Fsp3) is 0.579. The highest BCUT2D eigenvalue weighted by atomic mass is 19.4. The van der Waals surface area contributed by atoms with E-state index in [0.717, 1.165) is 12.8 Å². The molecule has 0 saturated heterocycles. The van der Waals surface area contributed by atoms with Crippen molar-refractivity contribution < 1.29 is 35.5 Å². The number of benzene rings is 1. The molecule has 0 spiro atoms. The van der Waals surface area contributed by atoms with E-state index < -0.39 is 48.1 Å². The van der Waals surface area contributed by atoms with Crippen molar-refractivity contribution in [2.45, 2.75) is 57.9 Å². The van der Waals surface area contributed by atoms with Gasteiger partial charge in [0.2, 0.25) is 0 Å². The van der Waals surface area contributed by atoms with Crippen LogP contribution in [0, 0.1) is 23.5 Å². The zero-order chi connectivity index (χ0) is 20.2. The predicted octanol–water partition coefficient (Wildman–Crippen LogP) is 6.87. The van der Waals surface area contributed by atoms with Crippen LogP contribution in [0.4, 0.5) is 30.7 Å². The quantitative estimate of drug-likeness (QED) is 0.375. The summed E-state index contributed by atoms with van der Waals surface area (Å²) in [5, 5.41) is 0. The molecule has 1 aromatic rings. The zero-order valence-corrected chi connectivity index (χ0v) is 14.8. The molecule has 0 atom stereocenters. The Morgan fingerprint density at radius 3 is 2.04 bits per heavy atom. The number of alkyl halides is 5. The van der Waals surface area contributed by atoms with Crippen LogP contribution in [-0.4, -0.2) is 6.11 Å². The number of ether oxygens (including phenoxy) is 1. The molecule has 0 bridgehead atoms. The van der Waals surface area contributed by atoms with Crippen LogP contribution in [0.5, 0.6) is 0 Å². The van der Waals surface area contributed by atoms with Gasteiger partial charge >= 0.3 is 12.3 Å². The van der Waals surface area contributed by atoms with Crippen LogP contribution in [0.1, 0.15) is 50.2 Å². The van der Waals surface area contributed by atoms with Gasteiger partial charge in [0, 0.05) is 6.42 Å². The van der Waals surface area contributed by atoms with Crippen LogP contribution < -0.4 is 0 Å². The van der Waals surface area contributed by atoms with Crippen molar-refractivity contribution in [1.82, 2.24) is 0 Å². The van der Waals surface area contributed by atoms with Crippen LogP contribution in [0.3, 0.4) is 0 Å². The molecule has 1 nitrogen and oxygen atoms in total. The summed E-state index contributed by atoms with van der Waals surface area (Å²) in [5.74, 6) is -3.56. The molecule has 1 aliphatic rings. The predicted molar refractivity (Wildman–Crippen MR) is 86.0 cm³/mol. The first-order valence-electron chi connectivity index (χ1n) is 8.71. The molecule has 8 heteroatoms. The third-order valence-corrected chi connectivity index (χ3v) is 4.72. The molecule has 27 heavy (non-hydrogen) atoms. The van der Waals surface area contributed by atoms with Crippen LogP contribution >= 0.6 is 0 Å². The lowest BCUT2D eigenvalue weighted by Crippen LogP contribution is -2.27. The Balaban J connectivity index is 1.93. The Labute approximate surface area is 153 Å². The lowest BCUT2D eigenvalue weighted by Gasteiger charge is -2.29. The first-order valence-corrected chi connectivity index (χ1v) is 8.71. The van der Waals surface area contributed by atoms with Crippen molar-refractivity contribution in [2.24, 2.45) is 11.8 Å². The first-order chi connectivity index (χ1) is 12.5. The minimum absolute atomic E-state index is 0.234. The van der Waals surface area contributed by atoms with Gasteiger partial charge in [-0.3, -0.25) is 0 Å². The second-order valence-corrected chi connectivity index (χ2v) is 6.87. The molecule has 0 radical (unpaired) electrons. The lowest BCUT2D eigenvalue weighted by atomic mass is 9.80. The van der Waals surface area contributed by atoms with Gasteiger partial charge in [0.1, 0.15) is 17.2 Å². The zero-order valence-electron chi connectivity index (χ0n) is 14.8. The minimum Gasteiger partial charge on any atom is -0.316 e. The van der Waals surface area contributed by atoms with Crippen LogP contribution in [0.15, 0.2) is 24.3 Å². The van der Waals surface area contributed by atoms with Crippen molar-refractivity contribution >= 4 is 0 Å². The van der Waals surface area contributed by atoms with Gasteiger partial charge < -0.3 is 4.74 Å². The molecule has 0 aliphatic heterocycles. The molecule has 0 aromatic heterocycles. The highest BCUT2D eigenvalue weighted by molar-refractivity contribution is 5.28. The molecule has 2 rings (SSSR count). The second-order valence-electron chi connectivity index (χ2n) is 6.87. The summed E-state index contributed by atoms with van der Waals surface area (Å²) in [5.41, 5.74) is -2.47. The van der Waals surface area contributed by atoms with Gasteiger partial charge in [0.15, 0.2) is 0 Å². The van der Waals surface area contributed by atoms with E-state index in [4.69, 9.17) is 0 Å². The van der Waals surface area contributed by atoms with Crippen molar-refractivity contribution in [3.05, 3.63) is 47.0 Å². The minimum atomic E-state index is -5.21. The maximum Gasteiger partial charge on any atom is 0.422 e. The number of halogens is 7. The molecule has 0 heterocycles. The highest BCUT2D eigenvalue weighted by Crippen LogP contribution is 2.38. The Morgan fingerprint density at radius 2 is 1.56 bits per heavy atom. The maximum absolute atomic E-state index is 14.0. The molecule has 0 amide bonds.